The Hall–Kier alpha value is -0.870. The third-order valence-electron chi connectivity index (χ3n) is 4.29. The quantitative estimate of drug-likeness (QED) is 0.903. The average molecular weight is 264 g/mol. The summed E-state index contributed by atoms with van der Waals surface area (Å²) in [4.78, 5) is 2.60. The maximum atomic E-state index is 4.53. The molecule has 1 aliphatic rings. The standard InChI is InChI=1S/C15H28N4/c1-6-12(2)14-9-16-15(3,4)11-19(14)10-13-7-8-18(5)17-13/h7-8,12,14,16H,6,9-11H2,1-5H3. The van der Waals surface area contributed by atoms with Gasteiger partial charge < -0.3 is 5.32 Å². The fourth-order valence-electron chi connectivity index (χ4n) is 2.95. The van der Waals surface area contributed by atoms with Crippen LogP contribution >= 0.6 is 0 Å². The lowest BCUT2D eigenvalue weighted by molar-refractivity contribution is 0.0560. The van der Waals surface area contributed by atoms with E-state index in [-0.39, 0.29) is 5.54 Å². The second kappa shape index (κ2) is 5.63. The lowest BCUT2D eigenvalue weighted by Gasteiger charge is -2.46. The van der Waals surface area contributed by atoms with Crippen molar-refractivity contribution in [2.75, 3.05) is 13.1 Å². The van der Waals surface area contributed by atoms with Crippen molar-refractivity contribution < 1.29 is 0 Å². The summed E-state index contributed by atoms with van der Waals surface area (Å²) in [6, 6.07) is 2.74. The van der Waals surface area contributed by atoms with Crippen LogP contribution in [0.2, 0.25) is 0 Å². The highest BCUT2D eigenvalue weighted by Crippen LogP contribution is 2.23. The molecule has 0 amide bonds. The first-order chi connectivity index (χ1) is 8.91. The Morgan fingerprint density at radius 3 is 2.84 bits per heavy atom. The summed E-state index contributed by atoms with van der Waals surface area (Å²) in [7, 11) is 1.98. The Balaban J connectivity index is 2.11. The van der Waals surface area contributed by atoms with Crippen molar-refractivity contribution in [1.29, 1.82) is 0 Å². The van der Waals surface area contributed by atoms with Gasteiger partial charge in [-0.25, -0.2) is 0 Å². The van der Waals surface area contributed by atoms with Crippen LogP contribution < -0.4 is 5.32 Å². The Bertz CT molecular complexity index is 410. The maximum absolute atomic E-state index is 4.53. The predicted octanol–water partition coefficient (Wildman–Crippen LogP) is 2.02. The zero-order valence-corrected chi connectivity index (χ0v) is 13.0. The minimum absolute atomic E-state index is 0.193. The molecule has 1 saturated heterocycles. The van der Waals surface area contributed by atoms with E-state index < -0.39 is 0 Å². The van der Waals surface area contributed by atoms with E-state index in [1.54, 1.807) is 0 Å². The first-order valence-electron chi connectivity index (χ1n) is 7.39. The summed E-state index contributed by atoms with van der Waals surface area (Å²) in [5.41, 5.74) is 1.37. The lowest BCUT2D eigenvalue weighted by atomic mass is 9.90. The van der Waals surface area contributed by atoms with Crippen LogP contribution in [0.5, 0.6) is 0 Å². The Labute approximate surface area is 117 Å². The molecule has 108 valence electrons. The molecule has 4 nitrogen and oxygen atoms in total. The second-order valence-electron chi connectivity index (χ2n) is 6.60. The zero-order valence-electron chi connectivity index (χ0n) is 13.0. The van der Waals surface area contributed by atoms with E-state index in [1.807, 2.05) is 17.9 Å². The number of piperazine rings is 1. The van der Waals surface area contributed by atoms with Crippen LogP contribution in [-0.4, -0.2) is 39.4 Å². The van der Waals surface area contributed by atoms with Crippen LogP contribution in [0, 0.1) is 5.92 Å². The Kier molecular flexibility index (Phi) is 4.31. The van der Waals surface area contributed by atoms with E-state index >= 15 is 0 Å². The topological polar surface area (TPSA) is 33.1 Å². The number of aryl methyl sites for hydroxylation is 1. The third-order valence-corrected chi connectivity index (χ3v) is 4.29. The second-order valence-corrected chi connectivity index (χ2v) is 6.60. The largest absolute Gasteiger partial charge is 0.309 e. The van der Waals surface area contributed by atoms with Crippen molar-refractivity contribution in [3.63, 3.8) is 0 Å². The Morgan fingerprint density at radius 2 is 2.26 bits per heavy atom. The van der Waals surface area contributed by atoms with Gasteiger partial charge in [0.05, 0.1) is 5.69 Å². The molecule has 4 heteroatoms. The number of hydrogen-bond acceptors (Lipinski definition) is 3. The predicted molar refractivity (Wildman–Crippen MR) is 78.9 cm³/mol. The fraction of sp³-hybridized carbons (Fsp3) is 0.800. The van der Waals surface area contributed by atoms with E-state index in [2.05, 4.69) is 49.1 Å². The first-order valence-corrected chi connectivity index (χ1v) is 7.39. The molecule has 2 unspecified atom stereocenters. The summed E-state index contributed by atoms with van der Waals surface area (Å²) in [6.07, 6.45) is 3.26. The molecule has 1 aromatic rings. The fourth-order valence-corrected chi connectivity index (χ4v) is 2.95. The van der Waals surface area contributed by atoms with Gasteiger partial charge in [-0.3, -0.25) is 9.58 Å². The minimum atomic E-state index is 0.193. The van der Waals surface area contributed by atoms with Gasteiger partial charge in [0.2, 0.25) is 0 Å². The number of nitrogens with one attached hydrogen (secondary N) is 1. The highest BCUT2D eigenvalue weighted by molar-refractivity contribution is 5.02. The third kappa shape index (κ3) is 3.57. The summed E-state index contributed by atoms with van der Waals surface area (Å²) >= 11 is 0. The van der Waals surface area contributed by atoms with Crippen molar-refractivity contribution in [1.82, 2.24) is 20.0 Å². The van der Waals surface area contributed by atoms with Gasteiger partial charge in [-0.05, 0) is 25.8 Å². The number of aromatic nitrogens is 2. The SMILES string of the molecule is CCC(C)C1CNC(C)(C)CN1Cc1ccn(C)n1. The molecule has 0 radical (unpaired) electrons. The van der Waals surface area contributed by atoms with Gasteiger partial charge in [-0.15, -0.1) is 0 Å². The zero-order chi connectivity index (χ0) is 14.0. The molecule has 0 aromatic carbocycles. The smallest absolute Gasteiger partial charge is 0.0764 e. The molecule has 0 bridgehead atoms. The van der Waals surface area contributed by atoms with E-state index in [0.717, 1.165) is 19.6 Å². The molecule has 1 aliphatic heterocycles. The number of nitrogens with zero attached hydrogens (tertiary/aromatic N) is 3. The van der Waals surface area contributed by atoms with E-state index in [4.69, 9.17) is 0 Å². The van der Waals surface area contributed by atoms with Gasteiger partial charge in [0, 0.05) is 44.5 Å². The minimum Gasteiger partial charge on any atom is -0.309 e. The van der Waals surface area contributed by atoms with Crippen molar-refractivity contribution in [2.45, 2.75) is 52.2 Å². The van der Waals surface area contributed by atoms with Crippen LogP contribution in [0.15, 0.2) is 12.3 Å². The molecule has 1 N–H and O–H groups in total. The molecule has 0 spiro atoms. The molecule has 2 atom stereocenters. The molecule has 0 aliphatic carbocycles. The summed E-state index contributed by atoms with van der Waals surface area (Å²) in [6.45, 7) is 12.3. The van der Waals surface area contributed by atoms with Gasteiger partial charge in [0.1, 0.15) is 0 Å². The maximum Gasteiger partial charge on any atom is 0.0764 e. The molecule has 1 aromatic heterocycles. The van der Waals surface area contributed by atoms with Crippen LogP contribution in [0.25, 0.3) is 0 Å². The average Bonchev–Trinajstić information content (AvgIpc) is 2.73. The molecule has 0 saturated carbocycles. The highest BCUT2D eigenvalue weighted by Gasteiger charge is 2.34. The van der Waals surface area contributed by atoms with Gasteiger partial charge in [-0.1, -0.05) is 20.3 Å². The van der Waals surface area contributed by atoms with Crippen LogP contribution in [-0.2, 0) is 13.6 Å². The molecular formula is C15H28N4. The lowest BCUT2D eigenvalue weighted by Crippen LogP contribution is -2.62. The van der Waals surface area contributed by atoms with Crippen molar-refractivity contribution in [2.24, 2.45) is 13.0 Å². The molecular weight excluding hydrogens is 236 g/mol. The highest BCUT2D eigenvalue weighted by atomic mass is 15.3. The van der Waals surface area contributed by atoms with Crippen LogP contribution in [0.4, 0.5) is 0 Å². The van der Waals surface area contributed by atoms with E-state index in [9.17, 15) is 0 Å². The van der Waals surface area contributed by atoms with E-state index in [1.165, 1.54) is 12.1 Å². The molecule has 2 rings (SSSR count). The van der Waals surface area contributed by atoms with Gasteiger partial charge in [0.25, 0.3) is 0 Å². The van der Waals surface area contributed by atoms with Crippen LogP contribution in [0.3, 0.4) is 0 Å². The number of hydrogen-bond donors (Lipinski definition) is 1. The molecule has 2 heterocycles. The monoisotopic (exact) mass is 264 g/mol. The Morgan fingerprint density at radius 1 is 1.53 bits per heavy atom. The van der Waals surface area contributed by atoms with Gasteiger partial charge in [0.15, 0.2) is 0 Å². The molecule has 19 heavy (non-hydrogen) atoms. The van der Waals surface area contributed by atoms with Crippen LogP contribution in [0.1, 0.15) is 39.8 Å². The van der Waals surface area contributed by atoms with Crippen molar-refractivity contribution >= 4 is 0 Å². The summed E-state index contributed by atoms with van der Waals surface area (Å²) < 4.78 is 1.89. The van der Waals surface area contributed by atoms with Gasteiger partial charge in [-0.2, -0.15) is 5.10 Å². The van der Waals surface area contributed by atoms with Crippen molar-refractivity contribution in [3.8, 4) is 0 Å². The summed E-state index contributed by atoms with van der Waals surface area (Å²) in [5.74, 6) is 0.715. The van der Waals surface area contributed by atoms with Gasteiger partial charge >= 0.3 is 0 Å². The first kappa shape index (κ1) is 14.5. The van der Waals surface area contributed by atoms with Crippen molar-refractivity contribution in [3.05, 3.63) is 18.0 Å². The van der Waals surface area contributed by atoms with E-state index in [0.29, 0.717) is 12.0 Å². The number of rotatable bonds is 4. The summed E-state index contributed by atoms with van der Waals surface area (Å²) in [5, 5.41) is 8.20. The normalized spacial score (nSPS) is 25.4. The molecule has 1 fully saturated rings.